The Morgan fingerprint density at radius 2 is 2.11 bits per heavy atom. The van der Waals surface area contributed by atoms with Crippen LogP contribution >= 0.6 is 0 Å². The molecule has 1 heterocycles. The van der Waals surface area contributed by atoms with Gasteiger partial charge in [0, 0.05) is 17.9 Å². The SMILES string of the molecule is C=C1C(=O)O[C@H]2C(=C)[C@@H](CCC(=O)O)[C@@H](C)CC[C@@H]12. The Morgan fingerprint density at radius 1 is 1.42 bits per heavy atom. The zero-order valence-electron chi connectivity index (χ0n) is 11.2. The second-order valence-electron chi connectivity index (χ2n) is 5.63. The van der Waals surface area contributed by atoms with E-state index in [1.165, 1.54) is 0 Å². The van der Waals surface area contributed by atoms with Crippen LogP contribution < -0.4 is 0 Å². The number of hydrogen-bond donors (Lipinski definition) is 1. The van der Waals surface area contributed by atoms with E-state index in [0.717, 1.165) is 18.4 Å². The summed E-state index contributed by atoms with van der Waals surface area (Å²) in [6.45, 7) is 10.0. The van der Waals surface area contributed by atoms with E-state index < -0.39 is 5.97 Å². The van der Waals surface area contributed by atoms with Crippen LogP contribution in [0.3, 0.4) is 0 Å². The van der Waals surface area contributed by atoms with E-state index >= 15 is 0 Å². The number of carboxylic acid groups (broad SMARTS) is 1. The summed E-state index contributed by atoms with van der Waals surface area (Å²) in [5.41, 5.74) is 1.40. The van der Waals surface area contributed by atoms with Gasteiger partial charge in [-0.25, -0.2) is 4.79 Å². The number of carbonyl (C=O) groups is 2. The predicted octanol–water partition coefficient (Wildman–Crippen LogP) is 2.55. The summed E-state index contributed by atoms with van der Waals surface area (Å²) in [6.07, 6.45) is 2.19. The average molecular weight is 264 g/mol. The Hall–Kier alpha value is -1.58. The van der Waals surface area contributed by atoms with Crippen LogP contribution in [0.5, 0.6) is 0 Å². The Labute approximate surface area is 113 Å². The molecule has 0 radical (unpaired) electrons. The van der Waals surface area contributed by atoms with Crippen molar-refractivity contribution in [1.82, 2.24) is 0 Å². The molecular formula is C15H20O4. The molecule has 1 aliphatic heterocycles. The minimum absolute atomic E-state index is 0.0253. The molecule has 0 unspecified atom stereocenters. The van der Waals surface area contributed by atoms with Gasteiger partial charge in [0.1, 0.15) is 6.10 Å². The van der Waals surface area contributed by atoms with Crippen LogP contribution in [0, 0.1) is 17.8 Å². The Bertz CT molecular complexity index is 437. The van der Waals surface area contributed by atoms with Gasteiger partial charge >= 0.3 is 11.9 Å². The van der Waals surface area contributed by atoms with E-state index in [-0.39, 0.29) is 30.3 Å². The topological polar surface area (TPSA) is 63.6 Å². The third-order valence-electron chi connectivity index (χ3n) is 4.44. The molecule has 0 aromatic carbocycles. The Kier molecular flexibility index (Phi) is 3.78. The van der Waals surface area contributed by atoms with Crippen LogP contribution in [-0.4, -0.2) is 23.1 Å². The summed E-state index contributed by atoms with van der Waals surface area (Å²) < 4.78 is 5.37. The van der Waals surface area contributed by atoms with Crippen LogP contribution in [0.1, 0.15) is 32.6 Å². The smallest absolute Gasteiger partial charge is 0.334 e. The second-order valence-corrected chi connectivity index (χ2v) is 5.63. The Balaban J connectivity index is 2.17. The first kappa shape index (κ1) is 13.8. The van der Waals surface area contributed by atoms with Crippen molar-refractivity contribution in [1.29, 1.82) is 0 Å². The van der Waals surface area contributed by atoms with E-state index in [1.54, 1.807) is 0 Å². The van der Waals surface area contributed by atoms with Gasteiger partial charge in [-0.05, 0) is 36.7 Å². The minimum atomic E-state index is -0.798. The molecule has 1 saturated carbocycles. The second kappa shape index (κ2) is 5.19. The first-order chi connectivity index (χ1) is 8.91. The highest BCUT2D eigenvalue weighted by atomic mass is 16.6. The number of hydrogen-bond acceptors (Lipinski definition) is 3. The van der Waals surface area contributed by atoms with Gasteiger partial charge < -0.3 is 9.84 Å². The lowest BCUT2D eigenvalue weighted by atomic mass is 9.82. The number of rotatable bonds is 3. The maximum absolute atomic E-state index is 11.6. The molecule has 0 amide bonds. The molecule has 104 valence electrons. The van der Waals surface area contributed by atoms with E-state index in [0.29, 0.717) is 17.9 Å². The number of fused-ring (bicyclic) bond motifs is 1. The molecule has 2 aliphatic rings. The van der Waals surface area contributed by atoms with Crippen LogP contribution in [0.25, 0.3) is 0 Å². The zero-order chi connectivity index (χ0) is 14.2. The molecule has 0 bridgehead atoms. The number of aliphatic carboxylic acids is 1. The molecule has 4 nitrogen and oxygen atoms in total. The van der Waals surface area contributed by atoms with Crippen molar-refractivity contribution >= 4 is 11.9 Å². The van der Waals surface area contributed by atoms with Gasteiger partial charge in [0.05, 0.1) is 0 Å². The molecule has 1 aliphatic carbocycles. The normalized spacial score (nSPS) is 34.7. The fourth-order valence-corrected chi connectivity index (χ4v) is 3.24. The maximum Gasteiger partial charge on any atom is 0.334 e. The van der Waals surface area contributed by atoms with Crippen molar-refractivity contribution in [3.8, 4) is 0 Å². The molecule has 0 aromatic rings. The molecule has 2 fully saturated rings. The quantitative estimate of drug-likeness (QED) is 0.483. The summed E-state index contributed by atoms with van der Waals surface area (Å²) in [4.78, 5) is 22.3. The van der Waals surface area contributed by atoms with Crippen molar-refractivity contribution in [2.24, 2.45) is 17.8 Å². The van der Waals surface area contributed by atoms with Gasteiger partial charge in [0.25, 0.3) is 0 Å². The lowest BCUT2D eigenvalue weighted by Gasteiger charge is -2.25. The van der Waals surface area contributed by atoms with Crippen molar-refractivity contribution < 1.29 is 19.4 Å². The van der Waals surface area contributed by atoms with E-state index in [2.05, 4.69) is 20.1 Å². The standard InChI is InChI=1S/C15H20O4/c1-8-4-5-12-10(3)15(18)19-14(12)9(2)11(8)6-7-13(16)17/h8,11-12,14H,2-7H2,1H3,(H,16,17)/t8-,11-,12-,14-/m0/s1. The third-order valence-corrected chi connectivity index (χ3v) is 4.44. The Morgan fingerprint density at radius 3 is 2.74 bits per heavy atom. The molecule has 4 heteroatoms. The van der Waals surface area contributed by atoms with Gasteiger partial charge in [-0.15, -0.1) is 0 Å². The maximum atomic E-state index is 11.6. The van der Waals surface area contributed by atoms with Crippen LogP contribution in [0.4, 0.5) is 0 Å². The van der Waals surface area contributed by atoms with Crippen molar-refractivity contribution in [2.75, 3.05) is 0 Å². The molecule has 4 atom stereocenters. The summed E-state index contributed by atoms with van der Waals surface area (Å²) >= 11 is 0. The van der Waals surface area contributed by atoms with Crippen molar-refractivity contribution in [3.63, 3.8) is 0 Å². The minimum Gasteiger partial charge on any atom is -0.481 e. The van der Waals surface area contributed by atoms with Gasteiger partial charge in [0.15, 0.2) is 0 Å². The summed E-state index contributed by atoms with van der Waals surface area (Å²) in [6, 6.07) is 0. The molecule has 0 aromatic heterocycles. The molecule has 2 rings (SSSR count). The van der Waals surface area contributed by atoms with Gasteiger partial charge in [-0.3, -0.25) is 4.79 Å². The van der Waals surface area contributed by atoms with Crippen LogP contribution in [0.15, 0.2) is 24.3 Å². The van der Waals surface area contributed by atoms with Gasteiger partial charge in [-0.2, -0.15) is 0 Å². The number of ether oxygens (including phenoxy) is 1. The van der Waals surface area contributed by atoms with E-state index in [9.17, 15) is 9.59 Å². The highest BCUT2D eigenvalue weighted by Crippen LogP contribution is 2.44. The highest BCUT2D eigenvalue weighted by molar-refractivity contribution is 5.91. The molecule has 1 saturated heterocycles. The first-order valence-corrected chi connectivity index (χ1v) is 6.72. The number of carbonyl (C=O) groups excluding carboxylic acids is 1. The largest absolute Gasteiger partial charge is 0.481 e. The van der Waals surface area contributed by atoms with E-state index in [1.807, 2.05) is 0 Å². The third kappa shape index (κ3) is 2.57. The molecule has 0 spiro atoms. The lowest BCUT2D eigenvalue weighted by molar-refractivity contribution is -0.139. The molecular weight excluding hydrogens is 244 g/mol. The molecule has 1 N–H and O–H groups in total. The molecule has 19 heavy (non-hydrogen) atoms. The fraction of sp³-hybridized carbons (Fsp3) is 0.600. The monoisotopic (exact) mass is 264 g/mol. The average Bonchev–Trinajstić information content (AvgIpc) is 2.56. The predicted molar refractivity (Wildman–Crippen MR) is 70.4 cm³/mol. The van der Waals surface area contributed by atoms with Crippen molar-refractivity contribution in [2.45, 2.75) is 38.7 Å². The highest BCUT2D eigenvalue weighted by Gasteiger charge is 2.44. The van der Waals surface area contributed by atoms with Gasteiger partial charge in [0.2, 0.25) is 0 Å². The summed E-state index contributed by atoms with van der Waals surface area (Å²) in [7, 11) is 0. The van der Waals surface area contributed by atoms with E-state index in [4.69, 9.17) is 9.84 Å². The van der Waals surface area contributed by atoms with Gasteiger partial charge in [-0.1, -0.05) is 20.1 Å². The number of esters is 1. The van der Waals surface area contributed by atoms with Crippen LogP contribution in [0.2, 0.25) is 0 Å². The summed E-state index contributed by atoms with van der Waals surface area (Å²) in [5.74, 6) is -0.637. The number of carboxylic acids is 1. The first-order valence-electron chi connectivity index (χ1n) is 6.72. The lowest BCUT2D eigenvalue weighted by Crippen LogP contribution is -2.23. The van der Waals surface area contributed by atoms with Crippen LogP contribution in [-0.2, 0) is 14.3 Å². The summed E-state index contributed by atoms with van der Waals surface area (Å²) in [5, 5.41) is 8.83. The zero-order valence-corrected chi connectivity index (χ0v) is 11.2. The fourth-order valence-electron chi connectivity index (χ4n) is 3.24. The van der Waals surface area contributed by atoms with Crippen molar-refractivity contribution in [3.05, 3.63) is 24.3 Å².